The highest BCUT2D eigenvalue weighted by molar-refractivity contribution is 9.11. The van der Waals surface area contributed by atoms with Gasteiger partial charge in [-0.2, -0.15) is 0 Å². The first kappa shape index (κ1) is 13.6. The fourth-order valence-corrected chi connectivity index (χ4v) is 3.77. The Kier molecular flexibility index (Phi) is 3.34. The van der Waals surface area contributed by atoms with Crippen LogP contribution in [0.5, 0.6) is 0 Å². The molecule has 3 rings (SSSR count). The zero-order chi connectivity index (χ0) is 14.4. The lowest BCUT2D eigenvalue weighted by molar-refractivity contribution is 0.619. The number of aryl methyl sites for hydroxylation is 2. The van der Waals surface area contributed by atoms with E-state index in [1.54, 1.807) is 0 Å². The maximum atomic E-state index is 6.07. The number of rotatable bonds is 1. The second kappa shape index (κ2) is 4.90. The highest BCUT2D eigenvalue weighted by atomic mass is 79.9. The van der Waals surface area contributed by atoms with Gasteiger partial charge >= 0.3 is 0 Å². The van der Waals surface area contributed by atoms with Crippen molar-refractivity contribution in [3.8, 4) is 11.5 Å². The van der Waals surface area contributed by atoms with Crippen molar-refractivity contribution in [3.63, 3.8) is 0 Å². The second-order valence-electron chi connectivity index (χ2n) is 4.77. The van der Waals surface area contributed by atoms with Gasteiger partial charge in [-0.05, 0) is 75.0 Å². The van der Waals surface area contributed by atoms with Crippen molar-refractivity contribution in [3.05, 3.63) is 44.3 Å². The second-order valence-corrected chi connectivity index (χ2v) is 6.42. The molecule has 2 N–H and O–H groups in total. The number of fused-ring (bicyclic) bond motifs is 1. The van der Waals surface area contributed by atoms with Crippen molar-refractivity contribution >= 4 is 48.6 Å². The third kappa shape index (κ3) is 2.15. The molecule has 0 radical (unpaired) electrons. The number of nitrogens with zero attached hydrogens (tertiary/aromatic N) is 1. The van der Waals surface area contributed by atoms with E-state index in [0.29, 0.717) is 11.6 Å². The molecule has 0 amide bonds. The first-order chi connectivity index (χ1) is 9.47. The zero-order valence-corrected chi connectivity index (χ0v) is 14.2. The summed E-state index contributed by atoms with van der Waals surface area (Å²) >= 11 is 7.09. The number of halogens is 2. The van der Waals surface area contributed by atoms with Crippen LogP contribution in [0.25, 0.3) is 22.6 Å². The summed E-state index contributed by atoms with van der Waals surface area (Å²) in [6, 6.07) is 7.91. The minimum Gasteiger partial charge on any atom is -0.436 e. The fraction of sp³-hybridized carbons (Fsp3) is 0.133. The molecule has 0 fully saturated rings. The van der Waals surface area contributed by atoms with E-state index in [1.807, 2.05) is 38.1 Å². The van der Waals surface area contributed by atoms with Crippen molar-refractivity contribution in [1.82, 2.24) is 4.98 Å². The van der Waals surface area contributed by atoms with Crippen LogP contribution in [0.3, 0.4) is 0 Å². The third-order valence-corrected chi connectivity index (χ3v) is 4.67. The van der Waals surface area contributed by atoms with E-state index >= 15 is 0 Å². The zero-order valence-electron chi connectivity index (χ0n) is 11.0. The van der Waals surface area contributed by atoms with E-state index in [4.69, 9.17) is 10.2 Å². The number of aromatic nitrogens is 1. The molecule has 0 aliphatic heterocycles. The van der Waals surface area contributed by atoms with E-state index in [1.165, 1.54) is 0 Å². The van der Waals surface area contributed by atoms with E-state index in [-0.39, 0.29) is 0 Å². The molecule has 102 valence electrons. The van der Waals surface area contributed by atoms with Gasteiger partial charge in [-0.25, -0.2) is 4.98 Å². The standard InChI is InChI=1S/C15H12Br2N2O/c1-7-3-4-11-10(5-7)19-15(20-11)12-9(16)6-8(2)14(18)13(12)17/h3-6H,18H2,1-2H3. The van der Waals surface area contributed by atoms with Gasteiger partial charge in [-0.3, -0.25) is 0 Å². The van der Waals surface area contributed by atoms with Gasteiger partial charge in [0.1, 0.15) is 5.52 Å². The Morgan fingerprint density at radius 3 is 2.65 bits per heavy atom. The molecule has 3 aromatic rings. The average Bonchev–Trinajstić information content (AvgIpc) is 2.78. The van der Waals surface area contributed by atoms with Gasteiger partial charge in [0.25, 0.3) is 0 Å². The van der Waals surface area contributed by atoms with Crippen LogP contribution < -0.4 is 5.73 Å². The molecule has 20 heavy (non-hydrogen) atoms. The summed E-state index contributed by atoms with van der Waals surface area (Å²) in [5.74, 6) is 0.552. The number of anilines is 1. The molecule has 5 heteroatoms. The maximum Gasteiger partial charge on any atom is 0.229 e. The third-order valence-electron chi connectivity index (χ3n) is 3.22. The van der Waals surface area contributed by atoms with Crippen LogP contribution in [0.15, 0.2) is 37.6 Å². The van der Waals surface area contributed by atoms with Gasteiger partial charge in [0.05, 0.1) is 10.0 Å². The van der Waals surface area contributed by atoms with E-state index in [2.05, 4.69) is 36.8 Å². The first-order valence-electron chi connectivity index (χ1n) is 6.09. The van der Waals surface area contributed by atoms with E-state index < -0.39 is 0 Å². The highest BCUT2D eigenvalue weighted by Crippen LogP contribution is 2.40. The minimum absolute atomic E-state index is 0.552. The minimum atomic E-state index is 0.552. The SMILES string of the molecule is Cc1ccc2oc(-c3c(Br)cc(C)c(N)c3Br)nc2c1. The summed E-state index contributed by atoms with van der Waals surface area (Å²) in [6.45, 7) is 3.99. The van der Waals surface area contributed by atoms with Crippen LogP contribution in [0.4, 0.5) is 5.69 Å². The maximum absolute atomic E-state index is 6.07. The normalized spacial score (nSPS) is 11.2. The summed E-state index contributed by atoms with van der Waals surface area (Å²) in [5.41, 5.74) is 11.4. The van der Waals surface area contributed by atoms with Crippen LogP contribution in [-0.2, 0) is 0 Å². The molecule has 0 atom stereocenters. The van der Waals surface area contributed by atoms with Crippen LogP contribution in [-0.4, -0.2) is 4.98 Å². The lowest BCUT2D eigenvalue weighted by Crippen LogP contribution is -1.94. The Morgan fingerprint density at radius 1 is 1.15 bits per heavy atom. The van der Waals surface area contributed by atoms with Gasteiger partial charge in [0.2, 0.25) is 5.89 Å². The smallest absolute Gasteiger partial charge is 0.229 e. The van der Waals surface area contributed by atoms with Gasteiger partial charge in [0, 0.05) is 10.2 Å². The number of oxazole rings is 1. The number of nitrogens with two attached hydrogens (primary N) is 1. The summed E-state index contributed by atoms with van der Waals surface area (Å²) in [6.07, 6.45) is 0. The van der Waals surface area contributed by atoms with Crippen molar-refractivity contribution in [1.29, 1.82) is 0 Å². The molecule has 0 saturated carbocycles. The molecule has 0 aliphatic carbocycles. The summed E-state index contributed by atoms with van der Waals surface area (Å²) in [7, 11) is 0. The lowest BCUT2D eigenvalue weighted by Gasteiger charge is -2.09. The molecule has 3 nitrogen and oxygen atoms in total. The lowest BCUT2D eigenvalue weighted by atomic mass is 10.1. The Bertz CT molecular complexity index is 824. The molecule has 0 spiro atoms. The number of hydrogen-bond donors (Lipinski definition) is 1. The van der Waals surface area contributed by atoms with Gasteiger partial charge in [0.15, 0.2) is 5.58 Å². The quantitative estimate of drug-likeness (QED) is 0.574. The van der Waals surface area contributed by atoms with Crippen LogP contribution in [0, 0.1) is 13.8 Å². The molecule has 0 unspecified atom stereocenters. The van der Waals surface area contributed by atoms with Crippen molar-refractivity contribution in [2.45, 2.75) is 13.8 Å². The molecule has 1 aromatic heterocycles. The summed E-state index contributed by atoms with van der Waals surface area (Å²) in [4.78, 5) is 4.55. The van der Waals surface area contributed by atoms with Crippen LogP contribution in [0.2, 0.25) is 0 Å². The number of hydrogen-bond acceptors (Lipinski definition) is 3. The monoisotopic (exact) mass is 394 g/mol. The molecule has 0 bridgehead atoms. The average molecular weight is 396 g/mol. The first-order valence-corrected chi connectivity index (χ1v) is 7.67. The van der Waals surface area contributed by atoms with Crippen LogP contribution in [0.1, 0.15) is 11.1 Å². The van der Waals surface area contributed by atoms with Crippen molar-refractivity contribution in [2.24, 2.45) is 0 Å². The van der Waals surface area contributed by atoms with Crippen LogP contribution >= 0.6 is 31.9 Å². The Morgan fingerprint density at radius 2 is 1.90 bits per heavy atom. The number of benzene rings is 2. The van der Waals surface area contributed by atoms with Crippen molar-refractivity contribution < 1.29 is 4.42 Å². The highest BCUT2D eigenvalue weighted by Gasteiger charge is 2.18. The van der Waals surface area contributed by atoms with Crippen molar-refractivity contribution in [2.75, 3.05) is 5.73 Å². The predicted octanol–water partition coefficient (Wildman–Crippen LogP) is 5.22. The Labute approximate surface area is 133 Å². The predicted molar refractivity (Wildman–Crippen MR) is 88.7 cm³/mol. The molecule has 0 saturated heterocycles. The van der Waals surface area contributed by atoms with E-state index in [0.717, 1.165) is 36.7 Å². The molecule has 1 heterocycles. The van der Waals surface area contributed by atoms with Gasteiger partial charge < -0.3 is 10.2 Å². The van der Waals surface area contributed by atoms with E-state index in [9.17, 15) is 0 Å². The topological polar surface area (TPSA) is 52.0 Å². The summed E-state index contributed by atoms with van der Waals surface area (Å²) < 4.78 is 7.54. The summed E-state index contributed by atoms with van der Waals surface area (Å²) in [5, 5.41) is 0. The largest absolute Gasteiger partial charge is 0.436 e. The molecular weight excluding hydrogens is 384 g/mol. The molecule has 0 aliphatic rings. The number of nitrogen functional groups attached to an aromatic ring is 1. The molecule has 2 aromatic carbocycles. The Hall–Kier alpha value is -1.33. The Balaban J connectivity index is 2.28. The van der Waals surface area contributed by atoms with Gasteiger partial charge in [-0.15, -0.1) is 0 Å². The molecular formula is C15H12Br2N2O. The fourth-order valence-electron chi connectivity index (χ4n) is 2.09. The van der Waals surface area contributed by atoms with Gasteiger partial charge in [-0.1, -0.05) is 6.07 Å².